The number of hydrogen-bond acceptors (Lipinski definition) is 4. The maximum atomic E-state index is 6.21. The number of rotatable bonds is 5. The molecule has 0 aromatic carbocycles. The Balaban J connectivity index is 1.95. The highest BCUT2D eigenvalue weighted by Gasteiger charge is 2.54. The molecule has 0 unspecified atom stereocenters. The smallest absolute Gasteiger partial charge is 0.403 e. The summed E-state index contributed by atoms with van der Waals surface area (Å²) in [5.41, 5.74) is -0.292. The standard InChI is InChI=1S/C16H31BO4/c1-14(2)15(3,4)21-17(20-14)13-7-9-16(10-8-13,11-18-5)12-19-6/h13H,7-12H2,1-6H3. The minimum Gasteiger partial charge on any atom is -0.403 e. The molecule has 1 saturated carbocycles. The summed E-state index contributed by atoms with van der Waals surface area (Å²) in [4.78, 5) is 0. The van der Waals surface area contributed by atoms with Crippen molar-refractivity contribution in [1.29, 1.82) is 0 Å². The number of hydrogen-bond donors (Lipinski definition) is 0. The third kappa shape index (κ3) is 3.47. The zero-order valence-corrected chi connectivity index (χ0v) is 14.5. The van der Waals surface area contributed by atoms with Crippen LogP contribution in [0.25, 0.3) is 0 Å². The van der Waals surface area contributed by atoms with Crippen LogP contribution in [-0.2, 0) is 18.8 Å². The highest BCUT2D eigenvalue weighted by molar-refractivity contribution is 6.47. The molecule has 2 fully saturated rings. The summed E-state index contributed by atoms with van der Waals surface area (Å²) in [6.07, 6.45) is 4.46. The van der Waals surface area contributed by atoms with Crippen LogP contribution in [-0.4, -0.2) is 45.8 Å². The lowest BCUT2D eigenvalue weighted by molar-refractivity contribution is -0.0152. The van der Waals surface area contributed by atoms with Gasteiger partial charge < -0.3 is 18.8 Å². The average Bonchev–Trinajstić information content (AvgIpc) is 2.60. The first kappa shape index (κ1) is 17.3. The van der Waals surface area contributed by atoms with E-state index in [9.17, 15) is 0 Å². The molecule has 122 valence electrons. The third-order valence-electron chi connectivity index (χ3n) is 5.65. The first-order valence-corrected chi connectivity index (χ1v) is 8.09. The van der Waals surface area contributed by atoms with Crippen LogP contribution < -0.4 is 0 Å². The summed E-state index contributed by atoms with van der Waals surface area (Å²) < 4.78 is 23.3. The Hall–Kier alpha value is -0.0951. The van der Waals surface area contributed by atoms with Crippen LogP contribution in [0.2, 0.25) is 5.82 Å². The quantitative estimate of drug-likeness (QED) is 0.730. The predicted molar refractivity (Wildman–Crippen MR) is 84.5 cm³/mol. The van der Waals surface area contributed by atoms with Crippen LogP contribution in [0.3, 0.4) is 0 Å². The molecular weight excluding hydrogens is 267 g/mol. The van der Waals surface area contributed by atoms with E-state index >= 15 is 0 Å². The minimum absolute atomic E-state index is 0.0712. The van der Waals surface area contributed by atoms with Crippen LogP contribution >= 0.6 is 0 Å². The Morgan fingerprint density at radius 3 is 1.71 bits per heavy atom. The molecular formula is C16H31BO4. The Morgan fingerprint density at radius 1 is 0.905 bits per heavy atom. The Bertz CT molecular complexity index is 324. The van der Waals surface area contributed by atoms with E-state index in [0.717, 1.165) is 38.9 Å². The van der Waals surface area contributed by atoms with Gasteiger partial charge in [0.05, 0.1) is 24.4 Å². The topological polar surface area (TPSA) is 36.9 Å². The number of methoxy groups -OCH3 is 2. The van der Waals surface area contributed by atoms with Crippen molar-refractivity contribution in [3.63, 3.8) is 0 Å². The summed E-state index contributed by atoms with van der Waals surface area (Å²) >= 11 is 0. The van der Waals surface area contributed by atoms with E-state index in [1.54, 1.807) is 14.2 Å². The van der Waals surface area contributed by atoms with Gasteiger partial charge in [-0.2, -0.15) is 0 Å². The van der Waals surface area contributed by atoms with Gasteiger partial charge >= 0.3 is 7.12 Å². The maximum absolute atomic E-state index is 6.21. The summed E-state index contributed by atoms with van der Waals surface area (Å²) in [5, 5.41) is 0. The van der Waals surface area contributed by atoms with Crippen molar-refractivity contribution >= 4 is 7.12 Å². The Kier molecular flexibility index (Phi) is 5.09. The second-order valence-electron chi connectivity index (χ2n) is 7.83. The molecule has 1 heterocycles. The molecule has 0 amide bonds. The van der Waals surface area contributed by atoms with E-state index in [1.807, 2.05) is 0 Å². The minimum atomic E-state index is -0.231. The van der Waals surface area contributed by atoms with Crippen LogP contribution in [0.15, 0.2) is 0 Å². The molecule has 21 heavy (non-hydrogen) atoms. The van der Waals surface area contributed by atoms with Gasteiger partial charge in [0.1, 0.15) is 0 Å². The predicted octanol–water partition coefficient (Wildman–Crippen LogP) is 3.30. The van der Waals surface area contributed by atoms with Gasteiger partial charge in [0.15, 0.2) is 0 Å². The van der Waals surface area contributed by atoms with Crippen LogP contribution in [0.4, 0.5) is 0 Å². The lowest BCUT2D eigenvalue weighted by Gasteiger charge is -2.39. The molecule has 2 aliphatic rings. The Labute approximate surface area is 130 Å². The van der Waals surface area contributed by atoms with Crippen LogP contribution in [0.5, 0.6) is 0 Å². The zero-order chi connectivity index (χ0) is 15.7. The van der Waals surface area contributed by atoms with Gasteiger partial charge in [-0.25, -0.2) is 0 Å². The van der Waals surface area contributed by atoms with Crippen molar-refractivity contribution in [3.8, 4) is 0 Å². The second-order valence-corrected chi connectivity index (χ2v) is 7.83. The molecule has 2 rings (SSSR count). The number of ether oxygens (including phenoxy) is 2. The fourth-order valence-corrected chi connectivity index (χ4v) is 3.55. The molecule has 0 bridgehead atoms. The van der Waals surface area contributed by atoms with Crippen LogP contribution in [0, 0.1) is 5.41 Å². The van der Waals surface area contributed by atoms with E-state index in [4.69, 9.17) is 18.8 Å². The van der Waals surface area contributed by atoms with E-state index in [-0.39, 0.29) is 23.7 Å². The zero-order valence-electron chi connectivity index (χ0n) is 14.5. The normalized spacial score (nSPS) is 28.0. The molecule has 5 heteroatoms. The molecule has 1 aliphatic carbocycles. The van der Waals surface area contributed by atoms with Crippen LogP contribution in [0.1, 0.15) is 53.4 Å². The van der Waals surface area contributed by atoms with Crippen molar-refractivity contribution in [2.75, 3.05) is 27.4 Å². The van der Waals surface area contributed by atoms with E-state index in [1.165, 1.54) is 0 Å². The summed E-state index contributed by atoms with van der Waals surface area (Å²) in [6.45, 7) is 10.0. The lowest BCUT2D eigenvalue weighted by atomic mass is 9.59. The molecule has 1 saturated heterocycles. The molecule has 0 spiro atoms. The van der Waals surface area contributed by atoms with Gasteiger partial charge in [-0.05, 0) is 46.4 Å². The van der Waals surface area contributed by atoms with Crippen molar-refractivity contribution < 1.29 is 18.8 Å². The van der Waals surface area contributed by atoms with Gasteiger partial charge in [-0.15, -0.1) is 0 Å². The second kappa shape index (κ2) is 6.19. The van der Waals surface area contributed by atoms with Gasteiger partial charge in [0.2, 0.25) is 0 Å². The van der Waals surface area contributed by atoms with Crippen molar-refractivity contribution in [3.05, 3.63) is 0 Å². The molecule has 4 nitrogen and oxygen atoms in total. The fraction of sp³-hybridized carbons (Fsp3) is 1.00. The van der Waals surface area contributed by atoms with Crippen molar-refractivity contribution in [2.45, 2.75) is 70.4 Å². The highest BCUT2D eigenvalue weighted by atomic mass is 16.7. The molecule has 0 N–H and O–H groups in total. The first-order valence-electron chi connectivity index (χ1n) is 8.09. The van der Waals surface area contributed by atoms with E-state index in [2.05, 4.69) is 27.7 Å². The monoisotopic (exact) mass is 298 g/mol. The molecule has 1 aliphatic heterocycles. The van der Waals surface area contributed by atoms with Gasteiger partial charge in [0, 0.05) is 19.6 Å². The highest BCUT2D eigenvalue weighted by Crippen LogP contribution is 2.48. The Morgan fingerprint density at radius 2 is 1.33 bits per heavy atom. The summed E-state index contributed by atoms with van der Waals surface area (Å²) in [7, 11) is 3.48. The average molecular weight is 298 g/mol. The van der Waals surface area contributed by atoms with E-state index < -0.39 is 0 Å². The summed E-state index contributed by atoms with van der Waals surface area (Å²) in [6, 6.07) is 0. The van der Waals surface area contributed by atoms with Gasteiger partial charge in [-0.3, -0.25) is 0 Å². The maximum Gasteiger partial charge on any atom is 0.461 e. The van der Waals surface area contributed by atoms with Crippen molar-refractivity contribution in [1.82, 2.24) is 0 Å². The SMILES string of the molecule is COCC1(COC)CCC(B2OC(C)(C)C(C)(C)O2)CC1. The van der Waals surface area contributed by atoms with Gasteiger partial charge in [-0.1, -0.05) is 12.8 Å². The van der Waals surface area contributed by atoms with Crippen molar-refractivity contribution in [2.24, 2.45) is 5.41 Å². The first-order chi connectivity index (χ1) is 9.75. The van der Waals surface area contributed by atoms with E-state index in [0.29, 0.717) is 5.82 Å². The molecule has 0 atom stereocenters. The largest absolute Gasteiger partial charge is 0.461 e. The third-order valence-corrected chi connectivity index (χ3v) is 5.65. The molecule has 0 radical (unpaired) electrons. The molecule has 0 aromatic rings. The molecule has 0 aromatic heterocycles. The fourth-order valence-electron chi connectivity index (χ4n) is 3.55. The summed E-state index contributed by atoms with van der Waals surface area (Å²) in [5.74, 6) is 0.480. The lowest BCUT2D eigenvalue weighted by Crippen LogP contribution is -2.41. The van der Waals surface area contributed by atoms with Gasteiger partial charge in [0.25, 0.3) is 0 Å².